The molecule has 1 heterocycles. The molecule has 1 rings (SSSR count). The van der Waals surface area contributed by atoms with E-state index in [1.807, 2.05) is 0 Å². The summed E-state index contributed by atoms with van der Waals surface area (Å²) in [7, 11) is 0. The van der Waals surface area contributed by atoms with Gasteiger partial charge in [-0.3, -0.25) is 4.79 Å². The maximum absolute atomic E-state index is 13.0. The van der Waals surface area contributed by atoms with Crippen LogP contribution in [-0.4, -0.2) is 98.7 Å². The first-order valence-corrected chi connectivity index (χ1v) is 23.3. The first-order chi connectivity index (χ1) is 26.8. The number of ether oxygens (including phenoxy) is 2. The van der Waals surface area contributed by atoms with E-state index in [2.05, 4.69) is 19.2 Å². The molecule has 0 saturated carbocycles. The molecule has 328 valence electrons. The molecule has 1 amide bonds. The molecule has 10 nitrogen and oxygen atoms in total. The Morgan fingerprint density at radius 3 is 1.35 bits per heavy atom. The average molecular weight is 788 g/mol. The van der Waals surface area contributed by atoms with Crippen LogP contribution in [0.1, 0.15) is 219 Å². The van der Waals surface area contributed by atoms with E-state index in [9.17, 15) is 35.4 Å². The van der Waals surface area contributed by atoms with Crippen LogP contribution in [0.4, 0.5) is 0 Å². The van der Waals surface area contributed by atoms with Crippen molar-refractivity contribution in [2.45, 2.75) is 268 Å². The molecule has 0 spiro atoms. The van der Waals surface area contributed by atoms with E-state index in [4.69, 9.17) is 9.47 Å². The molecular formula is C45H89NO9. The minimum absolute atomic E-state index is 0.254. The lowest BCUT2D eigenvalue weighted by Crippen LogP contribution is -2.60. The van der Waals surface area contributed by atoms with Crippen LogP contribution in [0.3, 0.4) is 0 Å². The van der Waals surface area contributed by atoms with Crippen LogP contribution < -0.4 is 5.32 Å². The second-order valence-electron chi connectivity index (χ2n) is 16.7. The number of amides is 1. The topological polar surface area (TPSA) is 169 Å². The van der Waals surface area contributed by atoms with Gasteiger partial charge in [0.2, 0.25) is 5.91 Å². The fraction of sp³-hybridized carbons (Fsp3) is 0.978. The Bertz CT molecular complexity index is 849. The van der Waals surface area contributed by atoms with Crippen molar-refractivity contribution in [3.63, 3.8) is 0 Å². The summed E-state index contributed by atoms with van der Waals surface area (Å²) in [5.41, 5.74) is 0. The Kier molecular flexibility index (Phi) is 34.4. The first kappa shape index (κ1) is 52.2. The van der Waals surface area contributed by atoms with Gasteiger partial charge in [0.1, 0.15) is 30.5 Å². The standard InChI is InChI=1S/C45H89NO9/c1-3-5-7-9-11-13-15-16-17-18-19-20-21-22-24-26-28-30-32-34-40(49)46-37(36-54-45-44(53)43(52)42(51)39(35-47)55-45)41(50)38(48)33-31-29-27-25-23-14-12-10-8-6-4-2/h37-39,41-45,47-48,50-53H,3-36H2,1-2H3,(H,46,49)/t37-,38+,39+,41-,42+,43?,44?,45+/m0/s1. The van der Waals surface area contributed by atoms with Crippen molar-refractivity contribution in [1.82, 2.24) is 5.32 Å². The van der Waals surface area contributed by atoms with E-state index >= 15 is 0 Å². The Morgan fingerprint density at radius 1 is 0.564 bits per heavy atom. The normalized spacial score (nSPS) is 21.8. The number of rotatable bonds is 39. The molecule has 55 heavy (non-hydrogen) atoms. The highest BCUT2D eigenvalue weighted by Gasteiger charge is 2.44. The van der Waals surface area contributed by atoms with Gasteiger partial charge in [-0.2, -0.15) is 0 Å². The number of hydrogen-bond acceptors (Lipinski definition) is 9. The summed E-state index contributed by atoms with van der Waals surface area (Å²) in [6, 6.07) is -0.983. The van der Waals surface area contributed by atoms with Crippen molar-refractivity contribution in [2.75, 3.05) is 13.2 Å². The van der Waals surface area contributed by atoms with E-state index in [1.54, 1.807) is 0 Å². The molecular weight excluding hydrogens is 698 g/mol. The molecule has 0 radical (unpaired) electrons. The zero-order chi connectivity index (χ0) is 40.4. The third-order valence-corrected chi connectivity index (χ3v) is 11.6. The predicted octanol–water partition coefficient (Wildman–Crippen LogP) is 8.53. The SMILES string of the molecule is CCCCCCCCCCCCCCCCCCCCCC(=O)N[C@@H](CO[C@@H]1O[C@H](CO)[C@@H](O)C(O)C1O)[C@H](O)[C@H](O)CCCCCCCCCCCCC. The van der Waals surface area contributed by atoms with Crippen molar-refractivity contribution in [2.24, 2.45) is 0 Å². The van der Waals surface area contributed by atoms with E-state index in [-0.39, 0.29) is 18.9 Å². The molecule has 8 atom stereocenters. The molecule has 2 unspecified atom stereocenters. The quantitative estimate of drug-likeness (QED) is 0.0302. The minimum atomic E-state index is -1.60. The average Bonchev–Trinajstić information content (AvgIpc) is 3.18. The lowest BCUT2D eigenvalue weighted by molar-refractivity contribution is -0.303. The van der Waals surface area contributed by atoms with Gasteiger partial charge in [0.15, 0.2) is 6.29 Å². The highest BCUT2D eigenvalue weighted by molar-refractivity contribution is 5.76. The monoisotopic (exact) mass is 788 g/mol. The molecule has 0 bridgehead atoms. The molecule has 1 aliphatic rings. The van der Waals surface area contributed by atoms with Gasteiger partial charge in [0.25, 0.3) is 0 Å². The lowest BCUT2D eigenvalue weighted by Gasteiger charge is -2.40. The number of nitrogens with one attached hydrogen (secondary N) is 1. The molecule has 7 N–H and O–H groups in total. The third kappa shape index (κ3) is 26.7. The minimum Gasteiger partial charge on any atom is -0.394 e. The molecule has 1 aliphatic heterocycles. The molecule has 0 aromatic heterocycles. The van der Waals surface area contributed by atoms with Gasteiger partial charge in [0, 0.05) is 6.42 Å². The number of aliphatic hydroxyl groups excluding tert-OH is 6. The molecule has 0 aromatic carbocycles. The maximum Gasteiger partial charge on any atom is 0.220 e. The van der Waals surface area contributed by atoms with Gasteiger partial charge in [-0.05, 0) is 12.8 Å². The molecule has 0 aliphatic carbocycles. The fourth-order valence-electron chi connectivity index (χ4n) is 7.73. The maximum atomic E-state index is 13.0. The van der Waals surface area contributed by atoms with Crippen LogP contribution in [-0.2, 0) is 14.3 Å². The van der Waals surface area contributed by atoms with Gasteiger partial charge in [-0.25, -0.2) is 0 Å². The van der Waals surface area contributed by atoms with Crippen molar-refractivity contribution >= 4 is 5.91 Å². The van der Waals surface area contributed by atoms with Gasteiger partial charge >= 0.3 is 0 Å². The van der Waals surface area contributed by atoms with Crippen molar-refractivity contribution in [3.05, 3.63) is 0 Å². The van der Waals surface area contributed by atoms with Crippen molar-refractivity contribution in [1.29, 1.82) is 0 Å². The number of aliphatic hydroxyl groups is 6. The summed E-state index contributed by atoms with van der Waals surface area (Å²) in [6.07, 6.45) is 28.3. The van der Waals surface area contributed by atoms with E-state index in [1.165, 1.54) is 148 Å². The van der Waals surface area contributed by atoms with Gasteiger partial charge in [0.05, 0.1) is 25.4 Å². The number of carbonyl (C=O) groups is 1. The van der Waals surface area contributed by atoms with Crippen molar-refractivity contribution < 1.29 is 44.9 Å². The van der Waals surface area contributed by atoms with Crippen LogP contribution in [0.25, 0.3) is 0 Å². The molecule has 1 fully saturated rings. The highest BCUT2D eigenvalue weighted by Crippen LogP contribution is 2.23. The zero-order valence-electron chi connectivity index (χ0n) is 35.6. The van der Waals surface area contributed by atoms with Gasteiger partial charge in [-0.15, -0.1) is 0 Å². The third-order valence-electron chi connectivity index (χ3n) is 11.6. The van der Waals surface area contributed by atoms with Crippen LogP contribution in [0, 0.1) is 0 Å². The largest absolute Gasteiger partial charge is 0.394 e. The summed E-state index contributed by atoms with van der Waals surface area (Å²) in [4.78, 5) is 13.0. The Morgan fingerprint density at radius 2 is 0.945 bits per heavy atom. The number of carbonyl (C=O) groups excluding carboxylic acids is 1. The summed E-state index contributed by atoms with van der Waals surface area (Å²) in [6.45, 7) is 3.61. The molecule has 0 aromatic rings. The Balaban J connectivity index is 2.34. The summed E-state index contributed by atoms with van der Waals surface area (Å²) in [5, 5.41) is 65.1. The molecule has 10 heteroatoms. The first-order valence-electron chi connectivity index (χ1n) is 23.3. The van der Waals surface area contributed by atoms with E-state index in [0.717, 1.165) is 44.9 Å². The highest BCUT2D eigenvalue weighted by atomic mass is 16.7. The summed E-state index contributed by atoms with van der Waals surface area (Å²) < 4.78 is 11.1. The number of hydrogen-bond donors (Lipinski definition) is 7. The van der Waals surface area contributed by atoms with E-state index in [0.29, 0.717) is 6.42 Å². The predicted molar refractivity (Wildman–Crippen MR) is 223 cm³/mol. The van der Waals surface area contributed by atoms with Crippen LogP contribution in [0.2, 0.25) is 0 Å². The van der Waals surface area contributed by atoms with Gasteiger partial charge < -0.3 is 45.4 Å². The van der Waals surface area contributed by atoms with Gasteiger partial charge in [-0.1, -0.05) is 200 Å². The lowest BCUT2D eigenvalue weighted by atomic mass is 9.98. The second-order valence-corrected chi connectivity index (χ2v) is 16.7. The Labute approximate surface area is 336 Å². The molecule has 1 saturated heterocycles. The van der Waals surface area contributed by atoms with Crippen molar-refractivity contribution in [3.8, 4) is 0 Å². The summed E-state index contributed by atoms with van der Waals surface area (Å²) in [5.74, 6) is -0.254. The summed E-state index contributed by atoms with van der Waals surface area (Å²) >= 11 is 0. The van der Waals surface area contributed by atoms with Crippen LogP contribution >= 0.6 is 0 Å². The smallest absolute Gasteiger partial charge is 0.220 e. The van der Waals surface area contributed by atoms with Crippen LogP contribution in [0.5, 0.6) is 0 Å². The Hall–Kier alpha value is -0.850. The van der Waals surface area contributed by atoms with E-state index < -0.39 is 55.6 Å². The van der Waals surface area contributed by atoms with Crippen LogP contribution in [0.15, 0.2) is 0 Å². The fourth-order valence-corrected chi connectivity index (χ4v) is 7.73. The second kappa shape index (κ2) is 36.2. The zero-order valence-corrected chi connectivity index (χ0v) is 35.6. The number of unbranched alkanes of at least 4 members (excludes halogenated alkanes) is 28.